The number of carbonyl (C=O) groups excluding carboxylic acids is 2. The van der Waals surface area contributed by atoms with Gasteiger partial charge >= 0.3 is 5.91 Å². The van der Waals surface area contributed by atoms with Crippen LogP contribution in [0.1, 0.15) is 6.42 Å². The van der Waals surface area contributed by atoms with Crippen molar-refractivity contribution < 1.29 is 9.59 Å². The lowest BCUT2D eigenvalue weighted by molar-refractivity contribution is -0.137. The fraction of sp³-hybridized carbons (Fsp3) is 0.250. The Morgan fingerprint density at radius 1 is 1.53 bits per heavy atom. The summed E-state index contributed by atoms with van der Waals surface area (Å²) in [5.41, 5.74) is 2.44. The minimum Gasteiger partial charge on any atom is -0.289 e. The molecule has 1 aromatic rings. The van der Waals surface area contributed by atoms with Gasteiger partial charge in [0.25, 0.3) is 0 Å². The normalized spacial score (nSPS) is 17.2. The van der Waals surface area contributed by atoms with Crippen molar-refractivity contribution in [1.29, 1.82) is 0 Å². The summed E-state index contributed by atoms with van der Waals surface area (Å²) in [5, 5.41) is 0. The number of hydrogen-bond acceptors (Lipinski definition) is 6. The summed E-state index contributed by atoms with van der Waals surface area (Å²) in [6.45, 7) is 0. The molecule has 2 rings (SSSR count). The molecule has 1 aliphatic rings. The summed E-state index contributed by atoms with van der Waals surface area (Å²) < 4.78 is 1.45. The quantitative estimate of drug-likeness (QED) is 0.522. The first-order chi connectivity index (χ1) is 7.27. The maximum atomic E-state index is 11.2. The van der Waals surface area contributed by atoms with E-state index >= 15 is 0 Å². The number of aromatic nitrogens is 2. The van der Waals surface area contributed by atoms with E-state index in [-0.39, 0.29) is 6.42 Å². The zero-order chi connectivity index (χ0) is 10.7. The lowest BCUT2D eigenvalue weighted by Gasteiger charge is -2.18. The lowest BCUT2D eigenvalue weighted by atomic mass is 10.3. The summed E-state index contributed by atoms with van der Waals surface area (Å²) in [4.78, 5) is 29.8. The predicted molar refractivity (Wildman–Crippen MR) is 53.6 cm³/mol. The molecule has 7 heteroatoms. The van der Waals surface area contributed by atoms with E-state index < -0.39 is 11.7 Å². The highest BCUT2D eigenvalue weighted by Crippen LogP contribution is 2.19. The standard InChI is InChI=1S/C8H7N4O2S/c13-6-2-4-15-12(11-8(6)14)7-1-3-9-5-10-7/h1,3H,2,4H2,(H,11,14). The summed E-state index contributed by atoms with van der Waals surface area (Å²) in [5.74, 6) is 0.0152. The van der Waals surface area contributed by atoms with Crippen molar-refractivity contribution in [2.75, 3.05) is 10.2 Å². The number of rotatable bonds is 1. The maximum Gasteiger partial charge on any atom is 0.306 e. The smallest absolute Gasteiger partial charge is 0.289 e. The molecule has 1 fully saturated rings. The van der Waals surface area contributed by atoms with Crippen LogP contribution in [0.4, 0.5) is 5.82 Å². The van der Waals surface area contributed by atoms with E-state index in [2.05, 4.69) is 21.7 Å². The van der Waals surface area contributed by atoms with Crippen molar-refractivity contribution in [3.8, 4) is 0 Å². The van der Waals surface area contributed by atoms with Crippen LogP contribution in [-0.4, -0.2) is 27.4 Å². The minimum absolute atomic E-state index is 0.238. The van der Waals surface area contributed by atoms with Gasteiger partial charge in [-0.1, -0.05) is 0 Å². The Balaban J connectivity index is 2.17. The number of nitrogens with zero attached hydrogens (tertiary/aromatic N) is 3. The molecular formula is C8H7N4O2S. The predicted octanol–water partition coefficient (Wildman–Crippen LogP) is -0.265. The average Bonchev–Trinajstić information content (AvgIpc) is 2.43. The van der Waals surface area contributed by atoms with Crippen LogP contribution >= 0.6 is 11.9 Å². The molecule has 15 heavy (non-hydrogen) atoms. The molecule has 1 aliphatic heterocycles. The van der Waals surface area contributed by atoms with E-state index in [1.165, 1.54) is 22.6 Å². The number of hydrazine groups is 1. The van der Waals surface area contributed by atoms with Crippen molar-refractivity contribution in [3.05, 3.63) is 18.6 Å². The highest BCUT2D eigenvalue weighted by atomic mass is 32.2. The summed E-state index contributed by atoms with van der Waals surface area (Å²) in [6, 6.07) is 1.62. The Hall–Kier alpha value is -1.63. The highest BCUT2D eigenvalue weighted by Gasteiger charge is 2.22. The molecule has 0 atom stereocenters. The number of ketones is 1. The van der Waals surface area contributed by atoms with Gasteiger partial charge in [0, 0.05) is 24.4 Å². The molecular weight excluding hydrogens is 216 g/mol. The Morgan fingerprint density at radius 2 is 2.40 bits per heavy atom. The minimum atomic E-state index is -0.612. The van der Waals surface area contributed by atoms with Crippen LogP contribution in [0.15, 0.2) is 12.3 Å². The van der Waals surface area contributed by atoms with Gasteiger partial charge in [-0.3, -0.25) is 9.59 Å². The van der Waals surface area contributed by atoms with Gasteiger partial charge in [-0.2, -0.15) is 0 Å². The van der Waals surface area contributed by atoms with Crippen molar-refractivity contribution in [2.24, 2.45) is 0 Å². The summed E-state index contributed by atoms with van der Waals surface area (Å²) in [6.07, 6.45) is 4.17. The number of anilines is 1. The Morgan fingerprint density at radius 3 is 3.13 bits per heavy atom. The second kappa shape index (κ2) is 4.26. The number of nitrogens with one attached hydrogen (secondary N) is 1. The van der Waals surface area contributed by atoms with Gasteiger partial charge in [-0.15, -0.1) is 0 Å². The Bertz CT molecular complexity index is 383. The first kappa shape index (κ1) is 9.91. The average molecular weight is 223 g/mol. The van der Waals surface area contributed by atoms with E-state index in [4.69, 9.17) is 0 Å². The third kappa shape index (κ3) is 2.24. The summed E-state index contributed by atoms with van der Waals surface area (Å²) >= 11 is 1.31. The van der Waals surface area contributed by atoms with E-state index in [1.807, 2.05) is 0 Å². The Kier molecular flexibility index (Phi) is 2.82. The zero-order valence-corrected chi connectivity index (χ0v) is 8.45. The molecule has 0 bridgehead atoms. The van der Waals surface area contributed by atoms with Gasteiger partial charge < -0.3 is 0 Å². The molecule has 1 saturated heterocycles. The van der Waals surface area contributed by atoms with E-state index in [1.54, 1.807) is 6.07 Å². The molecule has 0 aromatic carbocycles. The van der Waals surface area contributed by atoms with Crippen LogP contribution < -0.4 is 9.84 Å². The maximum absolute atomic E-state index is 11.2. The first-order valence-electron chi connectivity index (χ1n) is 4.23. The molecule has 1 aromatic heterocycles. The van der Waals surface area contributed by atoms with Gasteiger partial charge in [0.15, 0.2) is 12.1 Å². The molecule has 0 saturated carbocycles. The number of hydrogen-bond donors (Lipinski definition) is 1. The molecule has 1 radical (unpaired) electrons. The van der Waals surface area contributed by atoms with Gasteiger partial charge in [0.1, 0.15) is 0 Å². The van der Waals surface area contributed by atoms with Crippen LogP contribution in [0.25, 0.3) is 0 Å². The molecule has 77 valence electrons. The molecule has 0 unspecified atom stereocenters. The second-order valence-corrected chi connectivity index (χ2v) is 3.79. The van der Waals surface area contributed by atoms with Crippen LogP contribution in [-0.2, 0) is 9.59 Å². The van der Waals surface area contributed by atoms with E-state index in [9.17, 15) is 9.59 Å². The van der Waals surface area contributed by atoms with Crippen molar-refractivity contribution in [1.82, 2.24) is 15.4 Å². The SMILES string of the molecule is O=C1CCSN(c2ccn[c]n2)NC1=O. The monoisotopic (exact) mass is 223 g/mol. The number of carbonyl (C=O) groups is 2. The molecule has 2 heterocycles. The lowest BCUT2D eigenvalue weighted by Crippen LogP contribution is -2.39. The molecule has 1 N–H and O–H groups in total. The summed E-state index contributed by atoms with van der Waals surface area (Å²) in [7, 11) is 0. The van der Waals surface area contributed by atoms with Gasteiger partial charge in [0.05, 0.1) is 0 Å². The van der Waals surface area contributed by atoms with Gasteiger partial charge in [-0.05, 0) is 11.9 Å². The second-order valence-electron chi connectivity index (χ2n) is 2.76. The third-order valence-corrected chi connectivity index (χ3v) is 2.66. The molecule has 0 aliphatic carbocycles. The van der Waals surface area contributed by atoms with Crippen LogP contribution in [0.3, 0.4) is 0 Å². The fourth-order valence-corrected chi connectivity index (χ4v) is 1.86. The van der Waals surface area contributed by atoms with Crippen LogP contribution in [0.2, 0.25) is 0 Å². The highest BCUT2D eigenvalue weighted by molar-refractivity contribution is 8.00. The van der Waals surface area contributed by atoms with E-state index in [0.717, 1.165) is 0 Å². The largest absolute Gasteiger partial charge is 0.306 e. The topological polar surface area (TPSA) is 75.2 Å². The number of amides is 1. The molecule has 0 spiro atoms. The first-order valence-corrected chi connectivity index (χ1v) is 5.17. The fourth-order valence-electron chi connectivity index (χ4n) is 1.02. The van der Waals surface area contributed by atoms with Crippen molar-refractivity contribution >= 4 is 29.5 Å². The van der Waals surface area contributed by atoms with Crippen molar-refractivity contribution in [3.63, 3.8) is 0 Å². The van der Waals surface area contributed by atoms with Crippen LogP contribution in [0.5, 0.6) is 0 Å². The number of Topliss-reactive ketones (excluding diaryl/α,β-unsaturated/α-hetero) is 1. The van der Waals surface area contributed by atoms with Crippen LogP contribution in [0, 0.1) is 6.33 Å². The Labute approximate surface area is 90.2 Å². The van der Waals surface area contributed by atoms with Gasteiger partial charge in [-0.25, -0.2) is 19.8 Å². The molecule has 6 nitrogen and oxygen atoms in total. The zero-order valence-electron chi connectivity index (χ0n) is 7.64. The van der Waals surface area contributed by atoms with E-state index in [0.29, 0.717) is 11.6 Å². The van der Waals surface area contributed by atoms with Crippen molar-refractivity contribution in [2.45, 2.75) is 6.42 Å². The molecule has 1 amide bonds. The van der Waals surface area contributed by atoms with Gasteiger partial charge in [0.2, 0.25) is 5.78 Å². The third-order valence-electron chi connectivity index (χ3n) is 1.73.